The summed E-state index contributed by atoms with van der Waals surface area (Å²) in [6, 6.07) is 6.16. The quantitative estimate of drug-likeness (QED) is 0.729. The van der Waals surface area contributed by atoms with Crippen LogP contribution in [0.3, 0.4) is 0 Å². The second-order valence-corrected chi connectivity index (χ2v) is 4.64. The Labute approximate surface area is 123 Å². The van der Waals surface area contributed by atoms with Gasteiger partial charge in [0.2, 0.25) is 0 Å². The molecule has 0 atom stereocenters. The van der Waals surface area contributed by atoms with Crippen molar-refractivity contribution in [1.29, 1.82) is 0 Å². The van der Waals surface area contributed by atoms with Gasteiger partial charge in [-0.2, -0.15) is 0 Å². The van der Waals surface area contributed by atoms with Crippen LogP contribution in [0.15, 0.2) is 36.7 Å². The number of H-pyrrole nitrogens is 1. The molecule has 4 nitrogen and oxygen atoms in total. The van der Waals surface area contributed by atoms with Crippen LogP contribution in [-0.4, -0.2) is 19.9 Å². The molecule has 7 heteroatoms. The predicted molar refractivity (Wildman–Crippen MR) is 75.0 cm³/mol. The largest absolute Gasteiger partial charge is 0.342 e. The van der Waals surface area contributed by atoms with Gasteiger partial charge in [0.25, 0.3) is 0 Å². The number of imidazole rings is 1. The first kappa shape index (κ1) is 13.0. The monoisotopic (exact) mass is 308 g/mol. The first-order chi connectivity index (χ1) is 9.66. The highest BCUT2D eigenvalue weighted by molar-refractivity contribution is 6.37. The lowest BCUT2D eigenvalue weighted by molar-refractivity contribution is 0.631. The Bertz CT molecular complexity index is 736. The van der Waals surface area contributed by atoms with Crippen LogP contribution in [-0.2, 0) is 0 Å². The molecule has 0 spiro atoms. The number of nitrogens with zero attached hydrogens (tertiary/aromatic N) is 3. The number of hydrogen-bond acceptors (Lipinski definition) is 3. The molecule has 0 saturated heterocycles. The lowest BCUT2D eigenvalue weighted by Gasteiger charge is -2.08. The van der Waals surface area contributed by atoms with E-state index in [-0.39, 0.29) is 27.3 Å². The molecule has 2 aromatic heterocycles. The summed E-state index contributed by atoms with van der Waals surface area (Å²) < 4.78 is 13.8. The fourth-order valence-corrected chi connectivity index (χ4v) is 2.38. The van der Waals surface area contributed by atoms with E-state index in [1.54, 1.807) is 30.6 Å². The second-order valence-electron chi connectivity index (χ2n) is 3.92. The Morgan fingerprint density at radius 1 is 1.05 bits per heavy atom. The summed E-state index contributed by atoms with van der Waals surface area (Å²) in [7, 11) is 0. The van der Waals surface area contributed by atoms with E-state index in [1.807, 2.05) is 0 Å². The van der Waals surface area contributed by atoms with Crippen molar-refractivity contribution in [3.05, 3.63) is 52.8 Å². The molecule has 0 saturated carbocycles. The maximum atomic E-state index is 13.8. The Kier molecular flexibility index (Phi) is 3.38. The molecular weight excluding hydrogens is 302 g/mol. The molecule has 0 aliphatic heterocycles. The molecule has 20 heavy (non-hydrogen) atoms. The molecule has 2 heterocycles. The molecule has 0 fully saturated rings. The average Bonchev–Trinajstić information content (AvgIpc) is 2.94. The van der Waals surface area contributed by atoms with Crippen molar-refractivity contribution in [1.82, 2.24) is 19.9 Å². The maximum Gasteiger partial charge on any atom is 0.198 e. The van der Waals surface area contributed by atoms with Crippen LogP contribution < -0.4 is 0 Å². The SMILES string of the molecule is Fc1ccccc1-c1c(Cl)nc(-c2ncc[nH]2)nc1Cl. The van der Waals surface area contributed by atoms with Crippen LogP contribution >= 0.6 is 23.2 Å². The van der Waals surface area contributed by atoms with Crippen molar-refractivity contribution in [3.8, 4) is 22.8 Å². The van der Waals surface area contributed by atoms with Crippen LogP contribution in [0.2, 0.25) is 10.3 Å². The Hall–Kier alpha value is -1.98. The molecule has 0 aliphatic carbocycles. The van der Waals surface area contributed by atoms with Crippen molar-refractivity contribution in [2.75, 3.05) is 0 Å². The molecule has 0 aliphatic rings. The predicted octanol–water partition coefficient (Wildman–Crippen LogP) is 3.98. The van der Waals surface area contributed by atoms with Crippen molar-refractivity contribution in [2.24, 2.45) is 0 Å². The third kappa shape index (κ3) is 2.26. The maximum absolute atomic E-state index is 13.8. The Balaban J connectivity index is 2.17. The van der Waals surface area contributed by atoms with Gasteiger partial charge in [-0.05, 0) is 6.07 Å². The van der Waals surface area contributed by atoms with Gasteiger partial charge in [-0.15, -0.1) is 0 Å². The normalized spacial score (nSPS) is 10.8. The van der Waals surface area contributed by atoms with Gasteiger partial charge in [0.05, 0.1) is 5.56 Å². The molecule has 100 valence electrons. The van der Waals surface area contributed by atoms with Gasteiger partial charge in [-0.1, -0.05) is 41.4 Å². The summed E-state index contributed by atoms with van der Waals surface area (Å²) in [4.78, 5) is 15.1. The summed E-state index contributed by atoms with van der Waals surface area (Å²) in [5.41, 5.74) is 0.523. The smallest absolute Gasteiger partial charge is 0.198 e. The van der Waals surface area contributed by atoms with Crippen LogP contribution in [0.1, 0.15) is 0 Å². The molecule has 0 bridgehead atoms. The van der Waals surface area contributed by atoms with E-state index in [0.29, 0.717) is 5.82 Å². The molecule has 3 aromatic rings. The van der Waals surface area contributed by atoms with E-state index >= 15 is 0 Å². The topological polar surface area (TPSA) is 54.5 Å². The van der Waals surface area contributed by atoms with Crippen molar-refractivity contribution >= 4 is 23.2 Å². The zero-order chi connectivity index (χ0) is 14.1. The Morgan fingerprint density at radius 3 is 2.35 bits per heavy atom. The third-order valence-electron chi connectivity index (χ3n) is 2.67. The number of rotatable bonds is 2. The van der Waals surface area contributed by atoms with Gasteiger partial charge in [-0.25, -0.2) is 19.3 Å². The molecule has 0 unspecified atom stereocenters. The van der Waals surface area contributed by atoms with Gasteiger partial charge in [-0.3, -0.25) is 0 Å². The lowest BCUT2D eigenvalue weighted by atomic mass is 10.1. The molecular formula is C13H7Cl2FN4. The average molecular weight is 309 g/mol. The first-order valence-electron chi connectivity index (χ1n) is 5.64. The minimum Gasteiger partial charge on any atom is -0.342 e. The van der Waals surface area contributed by atoms with Crippen molar-refractivity contribution in [3.63, 3.8) is 0 Å². The van der Waals surface area contributed by atoms with Crippen LogP contribution in [0.4, 0.5) is 4.39 Å². The number of halogens is 3. The summed E-state index contributed by atoms with van der Waals surface area (Å²) in [5, 5.41) is 0.142. The highest BCUT2D eigenvalue weighted by atomic mass is 35.5. The highest BCUT2D eigenvalue weighted by Crippen LogP contribution is 2.34. The fraction of sp³-hybridized carbons (Fsp3) is 0. The van der Waals surface area contributed by atoms with Crippen LogP contribution in [0.5, 0.6) is 0 Å². The van der Waals surface area contributed by atoms with E-state index in [9.17, 15) is 4.39 Å². The molecule has 0 radical (unpaired) electrons. The van der Waals surface area contributed by atoms with Gasteiger partial charge >= 0.3 is 0 Å². The molecule has 1 N–H and O–H groups in total. The van der Waals surface area contributed by atoms with Crippen LogP contribution in [0.25, 0.3) is 22.8 Å². The minimum absolute atomic E-state index is 0.0708. The van der Waals surface area contributed by atoms with E-state index < -0.39 is 5.82 Å². The lowest BCUT2D eigenvalue weighted by Crippen LogP contribution is -1.97. The van der Waals surface area contributed by atoms with Crippen molar-refractivity contribution < 1.29 is 4.39 Å². The van der Waals surface area contributed by atoms with Gasteiger partial charge in [0.15, 0.2) is 11.6 Å². The van der Waals surface area contributed by atoms with Gasteiger partial charge < -0.3 is 4.98 Å². The summed E-state index contributed by atoms with van der Waals surface area (Å²) in [6.07, 6.45) is 3.19. The third-order valence-corrected chi connectivity index (χ3v) is 3.22. The minimum atomic E-state index is -0.439. The van der Waals surface area contributed by atoms with E-state index in [1.165, 1.54) is 6.07 Å². The number of benzene rings is 1. The number of hydrogen-bond donors (Lipinski definition) is 1. The Morgan fingerprint density at radius 2 is 1.75 bits per heavy atom. The summed E-state index contributed by atoms with van der Waals surface area (Å²) in [6.45, 7) is 0. The van der Waals surface area contributed by atoms with E-state index in [0.717, 1.165) is 0 Å². The van der Waals surface area contributed by atoms with Crippen molar-refractivity contribution in [2.45, 2.75) is 0 Å². The second kappa shape index (κ2) is 5.19. The standard InChI is InChI=1S/C13H7Cl2FN4/c14-10-9(7-3-1-2-4-8(7)16)11(15)20-13(19-10)12-17-5-6-18-12/h1-6H,(H,17,18). The van der Waals surface area contributed by atoms with E-state index in [4.69, 9.17) is 23.2 Å². The first-order valence-corrected chi connectivity index (χ1v) is 6.40. The summed E-state index contributed by atoms with van der Waals surface area (Å²) >= 11 is 12.2. The van der Waals surface area contributed by atoms with Crippen LogP contribution in [0, 0.1) is 5.82 Å². The highest BCUT2D eigenvalue weighted by Gasteiger charge is 2.17. The summed E-state index contributed by atoms with van der Waals surface area (Å²) in [5.74, 6) is 0.254. The zero-order valence-electron chi connectivity index (χ0n) is 9.94. The number of aromatic amines is 1. The zero-order valence-corrected chi connectivity index (χ0v) is 11.5. The van der Waals surface area contributed by atoms with Gasteiger partial charge in [0, 0.05) is 18.0 Å². The van der Waals surface area contributed by atoms with Gasteiger partial charge in [0.1, 0.15) is 16.1 Å². The molecule has 0 amide bonds. The molecule has 3 rings (SSSR count). The molecule has 1 aromatic carbocycles. The number of aromatic nitrogens is 4. The van der Waals surface area contributed by atoms with E-state index in [2.05, 4.69) is 19.9 Å². The number of nitrogens with one attached hydrogen (secondary N) is 1. The fourth-order valence-electron chi connectivity index (χ4n) is 1.79.